The van der Waals surface area contributed by atoms with Gasteiger partial charge in [-0.15, -0.1) is 0 Å². The predicted octanol–water partition coefficient (Wildman–Crippen LogP) is 1.31. The molecule has 0 saturated carbocycles. The molecule has 1 saturated heterocycles. The molecule has 1 fully saturated rings. The van der Waals surface area contributed by atoms with E-state index >= 15 is 0 Å². The SMILES string of the molecule is CCCC(NC(=O)C1CCSC1)C(N)=S. The number of rotatable bonds is 5. The first-order valence-electron chi connectivity index (χ1n) is 5.32. The Balaban J connectivity index is 2.42. The molecule has 0 radical (unpaired) electrons. The normalized spacial score (nSPS) is 22.3. The van der Waals surface area contributed by atoms with E-state index in [1.807, 2.05) is 11.8 Å². The van der Waals surface area contributed by atoms with Gasteiger partial charge in [0.05, 0.1) is 11.0 Å². The molecule has 1 aliphatic heterocycles. The third-order valence-electron chi connectivity index (χ3n) is 2.54. The zero-order chi connectivity index (χ0) is 11.3. The molecule has 1 rings (SSSR count). The summed E-state index contributed by atoms with van der Waals surface area (Å²) in [5.41, 5.74) is 5.58. The number of nitrogens with one attached hydrogen (secondary N) is 1. The molecule has 5 heteroatoms. The summed E-state index contributed by atoms with van der Waals surface area (Å²) in [6.45, 7) is 2.06. The van der Waals surface area contributed by atoms with Crippen molar-refractivity contribution in [2.75, 3.05) is 11.5 Å². The number of thioether (sulfide) groups is 1. The van der Waals surface area contributed by atoms with Crippen molar-refractivity contribution < 1.29 is 4.79 Å². The molecule has 2 atom stereocenters. The molecule has 1 aliphatic rings. The third kappa shape index (κ3) is 3.99. The van der Waals surface area contributed by atoms with Crippen molar-refractivity contribution in [1.82, 2.24) is 5.32 Å². The molecule has 3 N–H and O–H groups in total. The van der Waals surface area contributed by atoms with Crippen molar-refractivity contribution in [2.24, 2.45) is 11.7 Å². The maximum absolute atomic E-state index is 11.8. The number of nitrogens with two attached hydrogens (primary N) is 1. The van der Waals surface area contributed by atoms with Gasteiger partial charge < -0.3 is 11.1 Å². The molecule has 15 heavy (non-hydrogen) atoms. The summed E-state index contributed by atoms with van der Waals surface area (Å²) >= 11 is 6.77. The fourth-order valence-corrected chi connectivity index (χ4v) is 3.00. The van der Waals surface area contributed by atoms with Crippen LogP contribution >= 0.6 is 24.0 Å². The number of carbonyl (C=O) groups excluding carboxylic acids is 1. The van der Waals surface area contributed by atoms with E-state index < -0.39 is 0 Å². The van der Waals surface area contributed by atoms with Crippen LogP contribution in [0.2, 0.25) is 0 Å². The minimum absolute atomic E-state index is 0.117. The van der Waals surface area contributed by atoms with E-state index in [4.69, 9.17) is 18.0 Å². The molecule has 1 amide bonds. The lowest BCUT2D eigenvalue weighted by molar-refractivity contribution is -0.124. The molecule has 86 valence electrons. The van der Waals surface area contributed by atoms with Gasteiger partial charge in [-0.05, 0) is 18.6 Å². The molecule has 2 unspecified atom stereocenters. The summed E-state index contributed by atoms with van der Waals surface area (Å²) in [5.74, 6) is 2.29. The van der Waals surface area contributed by atoms with Gasteiger partial charge in [0.15, 0.2) is 0 Å². The summed E-state index contributed by atoms with van der Waals surface area (Å²) in [6, 6.07) is -0.122. The summed E-state index contributed by atoms with van der Waals surface area (Å²) in [5, 5.41) is 2.94. The van der Waals surface area contributed by atoms with Gasteiger partial charge in [0.2, 0.25) is 5.91 Å². The second-order valence-electron chi connectivity index (χ2n) is 3.81. The minimum atomic E-state index is -0.122. The van der Waals surface area contributed by atoms with Crippen molar-refractivity contribution in [2.45, 2.75) is 32.2 Å². The fourth-order valence-electron chi connectivity index (χ4n) is 1.61. The first-order valence-corrected chi connectivity index (χ1v) is 6.89. The molecule has 0 bridgehead atoms. The van der Waals surface area contributed by atoms with Crippen LogP contribution in [0.1, 0.15) is 26.2 Å². The maximum atomic E-state index is 11.8. The van der Waals surface area contributed by atoms with Crippen LogP contribution in [0.5, 0.6) is 0 Å². The molecule has 0 aromatic rings. The monoisotopic (exact) mass is 246 g/mol. The number of carbonyl (C=O) groups is 1. The highest BCUT2D eigenvalue weighted by Gasteiger charge is 2.25. The van der Waals surface area contributed by atoms with Crippen LogP contribution in [0.3, 0.4) is 0 Å². The average molecular weight is 246 g/mol. The van der Waals surface area contributed by atoms with E-state index in [9.17, 15) is 4.79 Å². The summed E-state index contributed by atoms with van der Waals surface area (Å²) in [7, 11) is 0. The molecule has 1 heterocycles. The molecule has 0 aromatic carbocycles. The van der Waals surface area contributed by atoms with Gasteiger partial charge in [0.1, 0.15) is 0 Å². The molecular weight excluding hydrogens is 228 g/mol. The van der Waals surface area contributed by atoms with Crippen LogP contribution in [-0.2, 0) is 4.79 Å². The largest absolute Gasteiger partial charge is 0.392 e. The Bertz CT molecular complexity index is 240. The zero-order valence-electron chi connectivity index (χ0n) is 8.99. The van der Waals surface area contributed by atoms with E-state index in [1.54, 1.807) is 0 Å². The quantitative estimate of drug-likeness (QED) is 0.718. The maximum Gasteiger partial charge on any atom is 0.224 e. The Morgan fingerprint density at radius 1 is 1.73 bits per heavy atom. The predicted molar refractivity (Wildman–Crippen MR) is 69.1 cm³/mol. The van der Waals surface area contributed by atoms with Gasteiger partial charge in [-0.25, -0.2) is 0 Å². The van der Waals surface area contributed by atoms with Crippen LogP contribution in [0.4, 0.5) is 0 Å². The van der Waals surface area contributed by atoms with Crippen LogP contribution < -0.4 is 11.1 Å². The van der Waals surface area contributed by atoms with Gasteiger partial charge in [-0.3, -0.25) is 4.79 Å². The Kier molecular flexibility index (Phi) is 5.39. The van der Waals surface area contributed by atoms with Gasteiger partial charge in [-0.1, -0.05) is 25.6 Å². The second kappa shape index (κ2) is 6.33. The molecule has 0 spiro atoms. The Hall–Kier alpha value is -0.290. The van der Waals surface area contributed by atoms with Crippen molar-refractivity contribution in [3.8, 4) is 0 Å². The van der Waals surface area contributed by atoms with Crippen LogP contribution in [0.25, 0.3) is 0 Å². The van der Waals surface area contributed by atoms with E-state index in [0.29, 0.717) is 4.99 Å². The first kappa shape index (κ1) is 12.8. The molecule has 3 nitrogen and oxygen atoms in total. The van der Waals surface area contributed by atoms with Gasteiger partial charge in [0.25, 0.3) is 0 Å². The fraction of sp³-hybridized carbons (Fsp3) is 0.800. The average Bonchev–Trinajstić information content (AvgIpc) is 2.69. The minimum Gasteiger partial charge on any atom is -0.392 e. The standard InChI is InChI=1S/C10H18N2OS2/c1-2-3-8(9(11)14)12-10(13)7-4-5-15-6-7/h7-8H,2-6H2,1H3,(H2,11,14)(H,12,13). The smallest absolute Gasteiger partial charge is 0.224 e. The highest BCUT2D eigenvalue weighted by molar-refractivity contribution is 7.99. The van der Waals surface area contributed by atoms with Crippen molar-refractivity contribution in [3.63, 3.8) is 0 Å². The van der Waals surface area contributed by atoms with Gasteiger partial charge in [0, 0.05) is 11.7 Å². The van der Waals surface area contributed by atoms with Crippen LogP contribution in [0, 0.1) is 5.92 Å². The highest BCUT2D eigenvalue weighted by Crippen LogP contribution is 2.23. The number of hydrogen-bond acceptors (Lipinski definition) is 3. The summed E-state index contributed by atoms with van der Waals surface area (Å²) < 4.78 is 0. The second-order valence-corrected chi connectivity index (χ2v) is 5.43. The lowest BCUT2D eigenvalue weighted by atomic mass is 10.1. The van der Waals surface area contributed by atoms with E-state index in [1.165, 1.54) is 0 Å². The highest BCUT2D eigenvalue weighted by atomic mass is 32.2. The number of amides is 1. The first-order chi connectivity index (χ1) is 7.15. The lowest BCUT2D eigenvalue weighted by Gasteiger charge is -2.18. The topological polar surface area (TPSA) is 55.1 Å². The number of hydrogen-bond donors (Lipinski definition) is 2. The summed E-state index contributed by atoms with van der Waals surface area (Å²) in [6.07, 6.45) is 2.79. The van der Waals surface area contributed by atoms with Crippen molar-refractivity contribution >= 4 is 34.9 Å². The van der Waals surface area contributed by atoms with Crippen LogP contribution in [-0.4, -0.2) is 28.4 Å². The van der Waals surface area contributed by atoms with Gasteiger partial charge >= 0.3 is 0 Å². The molecule has 0 aromatic heterocycles. The lowest BCUT2D eigenvalue weighted by Crippen LogP contribution is -2.45. The van der Waals surface area contributed by atoms with Crippen molar-refractivity contribution in [3.05, 3.63) is 0 Å². The molecule has 0 aliphatic carbocycles. The van der Waals surface area contributed by atoms with Crippen molar-refractivity contribution in [1.29, 1.82) is 0 Å². The number of thiocarbonyl (C=S) groups is 1. The zero-order valence-corrected chi connectivity index (χ0v) is 10.6. The summed E-state index contributed by atoms with van der Waals surface area (Å²) in [4.78, 5) is 12.2. The van der Waals surface area contributed by atoms with E-state index in [-0.39, 0.29) is 17.9 Å². The Morgan fingerprint density at radius 3 is 2.93 bits per heavy atom. The van der Waals surface area contributed by atoms with E-state index in [0.717, 1.165) is 30.8 Å². The van der Waals surface area contributed by atoms with Gasteiger partial charge in [-0.2, -0.15) is 11.8 Å². The Labute approximate surface area is 101 Å². The Morgan fingerprint density at radius 2 is 2.47 bits per heavy atom. The van der Waals surface area contributed by atoms with E-state index in [2.05, 4.69) is 12.2 Å². The third-order valence-corrected chi connectivity index (χ3v) is 3.98. The molecular formula is C10H18N2OS2. The van der Waals surface area contributed by atoms with Crippen LogP contribution in [0.15, 0.2) is 0 Å².